The molecule has 2 heterocycles. The van der Waals surface area contributed by atoms with Gasteiger partial charge in [0.15, 0.2) is 11.5 Å². The van der Waals surface area contributed by atoms with Gasteiger partial charge in [0.1, 0.15) is 11.9 Å². The Morgan fingerprint density at radius 2 is 2.03 bits per heavy atom. The Morgan fingerprint density at radius 1 is 1.24 bits per heavy atom. The fourth-order valence-electron chi connectivity index (χ4n) is 2.46. The number of halogens is 1. The van der Waals surface area contributed by atoms with Crippen LogP contribution in [-0.2, 0) is 0 Å². The molecular formula is C20H12FN5O3. The third kappa shape index (κ3) is 4.10. The Hall–Kier alpha value is -4.50. The van der Waals surface area contributed by atoms with E-state index in [0.29, 0.717) is 11.4 Å². The fourth-order valence-corrected chi connectivity index (χ4v) is 2.46. The summed E-state index contributed by atoms with van der Waals surface area (Å²) in [5.41, 5.74) is -0.215. The Morgan fingerprint density at radius 3 is 2.62 bits per heavy atom. The number of hydrogen-bond acceptors (Lipinski definition) is 5. The van der Waals surface area contributed by atoms with Crippen molar-refractivity contribution in [1.29, 1.82) is 5.26 Å². The maximum absolute atomic E-state index is 13.9. The first-order valence-corrected chi connectivity index (χ1v) is 8.16. The molecule has 0 radical (unpaired) electrons. The molecule has 9 heteroatoms. The van der Waals surface area contributed by atoms with E-state index in [0.717, 1.165) is 12.1 Å². The Labute approximate surface area is 164 Å². The highest BCUT2D eigenvalue weighted by atomic mass is 19.1. The minimum Gasteiger partial charge on any atom is -0.478 e. The summed E-state index contributed by atoms with van der Waals surface area (Å²) in [5, 5.41) is 28.3. The molecule has 0 atom stereocenters. The Bertz CT molecular complexity index is 1210. The van der Waals surface area contributed by atoms with Gasteiger partial charge in [0, 0.05) is 12.4 Å². The first-order chi connectivity index (χ1) is 13.9. The predicted octanol–water partition coefficient (Wildman–Crippen LogP) is 2.60. The minimum absolute atomic E-state index is 0.0462. The van der Waals surface area contributed by atoms with E-state index in [9.17, 15) is 19.1 Å². The summed E-state index contributed by atoms with van der Waals surface area (Å²) in [7, 11) is 0. The van der Waals surface area contributed by atoms with E-state index >= 15 is 0 Å². The average Bonchev–Trinajstić information content (AvgIpc) is 3.19. The first-order valence-electron chi connectivity index (χ1n) is 8.16. The van der Waals surface area contributed by atoms with E-state index in [4.69, 9.17) is 5.26 Å². The number of aromatic nitrogens is 3. The topological polar surface area (TPSA) is 121 Å². The van der Waals surface area contributed by atoms with Gasteiger partial charge < -0.3 is 15.0 Å². The van der Waals surface area contributed by atoms with Gasteiger partial charge in [-0.25, -0.2) is 9.18 Å². The highest BCUT2D eigenvalue weighted by Gasteiger charge is 2.18. The lowest BCUT2D eigenvalue weighted by molar-refractivity contribution is 0.0697. The van der Waals surface area contributed by atoms with Gasteiger partial charge in [-0.05, 0) is 37.3 Å². The number of nitriles is 1. The summed E-state index contributed by atoms with van der Waals surface area (Å²) in [6.07, 6.45) is 3.17. The van der Waals surface area contributed by atoms with Crippen LogP contribution in [0.3, 0.4) is 0 Å². The largest absolute Gasteiger partial charge is 0.478 e. The number of carbonyl (C=O) groups is 2. The van der Waals surface area contributed by atoms with Crippen molar-refractivity contribution in [3.8, 4) is 23.7 Å². The molecule has 0 unspecified atom stereocenters. The summed E-state index contributed by atoms with van der Waals surface area (Å²) in [6.45, 7) is 1.50. The molecule has 2 aromatic heterocycles. The molecule has 1 aromatic carbocycles. The summed E-state index contributed by atoms with van der Waals surface area (Å²) < 4.78 is 15.5. The van der Waals surface area contributed by atoms with E-state index < -0.39 is 23.3 Å². The lowest BCUT2D eigenvalue weighted by Gasteiger charge is -2.10. The molecule has 0 fully saturated rings. The molecule has 3 rings (SSSR count). The summed E-state index contributed by atoms with van der Waals surface area (Å²) in [6, 6.07) is 8.44. The second-order valence-corrected chi connectivity index (χ2v) is 5.71. The first kappa shape index (κ1) is 19.3. The summed E-state index contributed by atoms with van der Waals surface area (Å²) >= 11 is 0. The quantitative estimate of drug-likeness (QED) is 0.662. The number of carbonyl (C=O) groups excluding carboxylic acids is 1. The van der Waals surface area contributed by atoms with Crippen LogP contribution in [0.4, 0.5) is 10.1 Å². The van der Waals surface area contributed by atoms with Crippen molar-refractivity contribution in [3.63, 3.8) is 0 Å². The van der Waals surface area contributed by atoms with Crippen molar-refractivity contribution in [3.05, 3.63) is 70.9 Å². The van der Waals surface area contributed by atoms with E-state index in [-0.39, 0.29) is 16.9 Å². The maximum atomic E-state index is 13.9. The van der Waals surface area contributed by atoms with Crippen molar-refractivity contribution in [1.82, 2.24) is 14.8 Å². The van der Waals surface area contributed by atoms with E-state index in [1.807, 2.05) is 6.07 Å². The van der Waals surface area contributed by atoms with Crippen molar-refractivity contribution < 1.29 is 19.1 Å². The van der Waals surface area contributed by atoms with Crippen LogP contribution in [0.5, 0.6) is 0 Å². The fraction of sp³-hybridized carbons (Fsp3) is 0.0500. The molecule has 0 spiro atoms. The smallest absolute Gasteiger partial charge is 0.337 e. The van der Waals surface area contributed by atoms with Crippen LogP contribution in [0.15, 0.2) is 42.7 Å². The van der Waals surface area contributed by atoms with E-state index in [1.54, 1.807) is 23.0 Å². The molecule has 0 aliphatic rings. The van der Waals surface area contributed by atoms with Gasteiger partial charge in [-0.2, -0.15) is 5.26 Å². The molecular weight excluding hydrogens is 377 g/mol. The molecule has 0 aliphatic carbocycles. The van der Waals surface area contributed by atoms with Crippen LogP contribution in [0.1, 0.15) is 38.9 Å². The van der Waals surface area contributed by atoms with Gasteiger partial charge in [0.25, 0.3) is 5.91 Å². The van der Waals surface area contributed by atoms with Crippen LogP contribution < -0.4 is 5.32 Å². The molecule has 29 heavy (non-hydrogen) atoms. The summed E-state index contributed by atoms with van der Waals surface area (Å²) in [5.74, 6) is 2.48. The minimum atomic E-state index is -1.41. The Kier molecular flexibility index (Phi) is 5.33. The summed E-state index contributed by atoms with van der Waals surface area (Å²) in [4.78, 5) is 23.8. The van der Waals surface area contributed by atoms with Crippen molar-refractivity contribution in [2.24, 2.45) is 0 Å². The van der Waals surface area contributed by atoms with Crippen molar-refractivity contribution in [2.75, 3.05) is 5.32 Å². The molecule has 0 aliphatic heterocycles. The van der Waals surface area contributed by atoms with Crippen LogP contribution >= 0.6 is 0 Å². The van der Waals surface area contributed by atoms with Crippen LogP contribution in [0, 0.1) is 29.0 Å². The standard InChI is InChI=1S/C20H12FN5O3/c1-2-3-13-8-17(14(20(28)29)9-15(13)21)23-19(27)16-4-5-18(25-24-16)26-7-6-12(10-22)11-26/h4-9,11H,1H3,(H,23,27)(H,28,29). The monoisotopic (exact) mass is 389 g/mol. The van der Waals surface area contributed by atoms with Gasteiger partial charge >= 0.3 is 5.97 Å². The zero-order chi connectivity index (χ0) is 21.0. The van der Waals surface area contributed by atoms with Crippen LogP contribution in [-0.4, -0.2) is 31.7 Å². The van der Waals surface area contributed by atoms with Gasteiger partial charge in [-0.3, -0.25) is 4.79 Å². The lowest BCUT2D eigenvalue weighted by atomic mass is 10.1. The number of amides is 1. The second kappa shape index (κ2) is 8.03. The Balaban J connectivity index is 1.88. The molecule has 142 valence electrons. The number of aromatic carboxylic acids is 1. The zero-order valence-electron chi connectivity index (χ0n) is 15.0. The van der Waals surface area contributed by atoms with Gasteiger partial charge in [0.2, 0.25) is 0 Å². The highest BCUT2D eigenvalue weighted by Crippen LogP contribution is 2.21. The molecule has 0 saturated heterocycles. The number of rotatable bonds is 4. The van der Waals surface area contributed by atoms with Gasteiger partial charge in [-0.15, -0.1) is 16.1 Å². The molecule has 2 N–H and O–H groups in total. The number of benzene rings is 1. The van der Waals surface area contributed by atoms with Crippen molar-refractivity contribution in [2.45, 2.75) is 6.92 Å². The lowest BCUT2D eigenvalue weighted by Crippen LogP contribution is -2.17. The maximum Gasteiger partial charge on any atom is 0.337 e. The molecule has 0 bridgehead atoms. The molecule has 3 aromatic rings. The SMILES string of the molecule is CC#Cc1cc(NC(=O)c2ccc(-n3ccc(C#N)c3)nn2)c(C(=O)O)cc1F. The third-order valence-electron chi connectivity index (χ3n) is 3.82. The van der Waals surface area contributed by atoms with Gasteiger partial charge in [-0.1, -0.05) is 5.92 Å². The predicted molar refractivity (Wildman–Crippen MR) is 99.9 cm³/mol. The van der Waals surface area contributed by atoms with E-state index in [1.165, 1.54) is 19.1 Å². The van der Waals surface area contributed by atoms with Crippen LogP contribution in [0.25, 0.3) is 5.82 Å². The van der Waals surface area contributed by atoms with E-state index in [2.05, 4.69) is 27.4 Å². The zero-order valence-corrected chi connectivity index (χ0v) is 15.0. The number of carboxylic acid groups (broad SMARTS) is 1. The normalized spacial score (nSPS) is 9.83. The second-order valence-electron chi connectivity index (χ2n) is 5.71. The number of nitrogens with zero attached hydrogens (tertiary/aromatic N) is 4. The third-order valence-corrected chi connectivity index (χ3v) is 3.82. The van der Waals surface area contributed by atoms with Crippen molar-refractivity contribution >= 4 is 17.6 Å². The molecule has 1 amide bonds. The number of anilines is 1. The average molecular weight is 389 g/mol. The molecule has 8 nitrogen and oxygen atoms in total. The number of nitrogens with one attached hydrogen (secondary N) is 1. The van der Waals surface area contributed by atoms with Crippen LogP contribution in [0.2, 0.25) is 0 Å². The molecule has 0 saturated carbocycles. The number of hydrogen-bond donors (Lipinski definition) is 2. The number of carboxylic acids is 1. The highest BCUT2D eigenvalue weighted by molar-refractivity contribution is 6.06. The van der Waals surface area contributed by atoms with Gasteiger partial charge in [0.05, 0.1) is 22.4 Å².